The van der Waals surface area contributed by atoms with Gasteiger partial charge in [0.05, 0.1) is 0 Å². The molecule has 0 aliphatic heterocycles. The maximum atomic E-state index is 2.31. The van der Waals surface area contributed by atoms with Crippen LogP contribution in [0.3, 0.4) is 0 Å². The van der Waals surface area contributed by atoms with Crippen LogP contribution >= 0.6 is 0 Å². The van der Waals surface area contributed by atoms with Crippen LogP contribution in [0.1, 0.15) is 38.5 Å². The number of rotatable bonds is 0. The lowest BCUT2D eigenvalue weighted by atomic mass is 10.2. The SMILES string of the molecule is C1=CC/C=C/CC/C=C/CCCC=C1. The minimum absolute atomic E-state index is 1.06. The summed E-state index contributed by atoms with van der Waals surface area (Å²) in [4.78, 5) is 0. The summed E-state index contributed by atoms with van der Waals surface area (Å²) in [7, 11) is 0. The summed E-state index contributed by atoms with van der Waals surface area (Å²) >= 11 is 0. The predicted molar refractivity (Wildman–Crippen MR) is 64.3 cm³/mol. The van der Waals surface area contributed by atoms with Crippen LogP contribution < -0.4 is 0 Å². The van der Waals surface area contributed by atoms with Gasteiger partial charge in [-0.3, -0.25) is 0 Å². The Morgan fingerprint density at radius 3 is 2.07 bits per heavy atom. The number of allylic oxidation sites excluding steroid dienone is 8. The molecule has 0 bridgehead atoms. The topological polar surface area (TPSA) is 0 Å². The monoisotopic (exact) mass is 188 g/mol. The fourth-order valence-electron chi connectivity index (χ4n) is 1.41. The Morgan fingerprint density at radius 2 is 1.14 bits per heavy atom. The summed E-state index contributed by atoms with van der Waals surface area (Å²) in [6.45, 7) is 0. The predicted octanol–water partition coefficient (Wildman–Crippen LogP) is 4.57. The quantitative estimate of drug-likeness (QED) is 0.489. The van der Waals surface area contributed by atoms with Gasteiger partial charge in [0.1, 0.15) is 0 Å². The molecule has 14 heavy (non-hydrogen) atoms. The molecule has 0 unspecified atom stereocenters. The van der Waals surface area contributed by atoms with E-state index in [0.717, 1.165) is 6.42 Å². The van der Waals surface area contributed by atoms with Crippen molar-refractivity contribution in [2.75, 3.05) is 0 Å². The van der Waals surface area contributed by atoms with E-state index in [0.29, 0.717) is 0 Å². The number of hydrogen-bond acceptors (Lipinski definition) is 0. The first-order chi connectivity index (χ1) is 7.00. The highest BCUT2D eigenvalue weighted by atomic mass is 13.9. The van der Waals surface area contributed by atoms with Crippen LogP contribution in [0.15, 0.2) is 48.6 Å². The first kappa shape index (κ1) is 11.0. The summed E-state index contributed by atoms with van der Waals surface area (Å²) in [5.41, 5.74) is 0. The molecule has 0 spiro atoms. The number of hydrogen-bond donors (Lipinski definition) is 0. The Bertz CT molecular complexity index is 228. The van der Waals surface area contributed by atoms with Gasteiger partial charge in [-0.15, -0.1) is 0 Å². The molecule has 0 aromatic carbocycles. The third-order valence-corrected chi connectivity index (χ3v) is 2.23. The first-order valence-corrected chi connectivity index (χ1v) is 5.62. The smallest absolute Gasteiger partial charge is 0.0166 e. The van der Waals surface area contributed by atoms with E-state index in [4.69, 9.17) is 0 Å². The van der Waals surface area contributed by atoms with Crippen molar-refractivity contribution >= 4 is 0 Å². The van der Waals surface area contributed by atoms with Crippen molar-refractivity contribution in [3.63, 3.8) is 0 Å². The van der Waals surface area contributed by atoms with Gasteiger partial charge in [0.25, 0.3) is 0 Å². The zero-order valence-electron chi connectivity index (χ0n) is 8.86. The van der Waals surface area contributed by atoms with Crippen molar-refractivity contribution in [3.05, 3.63) is 48.6 Å². The van der Waals surface area contributed by atoms with Gasteiger partial charge in [-0.25, -0.2) is 0 Å². The maximum Gasteiger partial charge on any atom is -0.0166 e. The lowest BCUT2D eigenvalue weighted by Gasteiger charge is -1.91. The zero-order chi connectivity index (χ0) is 9.90. The molecule has 0 heteroatoms. The molecule has 0 aromatic rings. The molecular formula is C14H20. The van der Waals surface area contributed by atoms with Crippen molar-refractivity contribution in [3.8, 4) is 0 Å². The molecule has 0 atom stereocenters. The minimum atomic E-state index is 1.06. The third kappa shape index (κ3) is 6.47. The van der Waals surface area contributed by atoms with Crippen LogP contribution in [0.4, 0.5) is 0 Å². The Hall–Kier alpha value is -1.04. The van der Waals surface area contributed by atoms with Gasteiger partial charge in [0, 0.05) is 0 Å². The van der Waals surface area contributed by atoms with Crippen molar-refractivity contribution < 1.29 is 0 Å². The van der Waals surface area contributed by atoms with Crippen molar-refractivity contribution in [2.24, 2.45) is 0 Å². The van der Waals surface area contributed by atoms with E-state index in [9.17, 15) is 0 Å². The molecule has 0 heterocycles. The molecule has 1 aliphatic rings. The van der Waals surface area contributed by atoms with E-state index in [-0.39, 0.29) is 0 Å². The molecule has 0 N–H and O–H groups in total. The van der Waals surface area contributed by atoms with Crippen molar-refractivity contribution in [1.82, 2.24) is 0 Å². The zero-order valence-corrected chi connectivity index (χ0v) is 8.86. The van der Waals surface area contributed by atoms with Crippen LogP contribution in [0.5, 0.6) is 0 Å². The van der Waals surface area contributed by atoms with E-state index in [1.807, 2.05) is 0 Å². The van der Waals surface area contributed by atoms with Crippen LogP contribution in [0.25, 0.3) is 0 Å². The van der Waals surface area contributed by atoms with Crippen molar-refractivity contribution in [2.45, 2.75) is 38.5 Å². The summed E-state index contributed by atoms with van der Waals surface area (Å²) in [5.74, 6) is 0. The van der Waals surface area contributed by atoms with Crippen LogP contribution in [0, 0.1) is 0 Å². The summed E-state index contributed by atoms with van der Waals surface area (Å²) in [5, 5.41) is 0. The molecule has 0 fully saturated rings. The first-order valence-electron chi connectivity index (χ1n) is 5.62. The van der Waals surface area contributed by atoms with E-state index >= 15 is 0 Å². The molecule has 1 aliphatic carbocycles. The Balaban J connectivity index is 2.34. The normalized spacial score (nSPS) is 24.0. The third-order valence-electron chi connectivity index (χ3n) is 2.23. The fraction of sp³-hybridized carbons (Fsp3) is 0.429. The summed E-state index contributed by atoms with van der Waals surface area (Å²) < 4.78 is 0. The molecule has 0 saturated carbocycles. The fourth-order valence-corrected chi connectivity index (χ4v) is 1.41. The van der Waals surface area contributed by atoms with Gasteiger partial charge in [0.15, 0.2) is 0 Å². The highest BCUT2D eigenvalue weighted by molar-refractivity contribution is 5.05. The lowest BCUT2D eigenvalue weighted by Crippen LogP contribution is -1.71. The van der Waals surface area contributed by atoms with E-state index < -0.39 is 0 Å². The molecular weight excluding hydrogens is 168 g/mol. The molecule has 0 saturated heterocycles. The molecule has 0 nitrogen and oxygen atoms in total. The Labute approximate surface area is 87.7 Å². The summed E-state index contributed by atoms with van der Waals surface area (Å²) in [6.07, 6.45) is 25.0. The highest BCUT2D eigenvalue weighted by Gasteiger charge is 1.81. The van der Waals surface area contributed by atoms with Gasteiger partial charge in [-0.1, -0.05) is 48.6 Å². The van der Waals surface area contributed by atoms with Gasteiger partial charge in [-0.2, -0.15) is 0 Å². The second-order valence-electron chi connectivity index (χ2n) is 3.54. The molecule has 1 rings (SSSR count). The van der Waals surface area contributed by atoms with Crippen molar-refractivity contribution in [1.29, 1.82) is 0 Å². The van der Waals surface area contributed by atoms with Crippen LogP contribution in [-0.2, 0) is 0 Å². The molecule has 76 valence electrons. The average molecular weight is 188 g/mol. The maximum absolute atomic E-state index is 2.31. The standard InChI is InChI=1S/C14H20/c1-2-4-6-8-10-12-14-13-11-9-7-5-3-1/h1-4,7,9,12,14H,5-6,8,10-11,13H2/b3-1?,4-2?,9-7+,14-12+. The summed E-state index contributed by atoms with van der Waals surface area (Å²) in [6, 6.07) is 0. The van der Waals surface area contributed by atoms with Gasteiger partial charge < -0.3 is 0 Å². The molecule has 0 radical (unpaired) electrons. The van der Waals surface area contributed by atoms with E-state index in [1.54, 1.807) is 0 Å². The van der Waals surface area contributed by atoms with Crippen LogP contribution in [0.2, 0.25) is 0 Å². The lowest BCUT2D eigenvalue weighted by molar-refractivity contribution is 0.862. The molecule has 0 amide bonds. The Morgan fingerprint density at radius 1 is 0.500 bits per heavy atom. The second-order valence-corrected chi connectivity index (χ2v) is 3.54. The van der Waals surface area contributed by atoms with Gasteiger partial charge in [0.2, 0.25) is 0 Å². The minimum Gasteiger partial charge on any atom is -0.0885 e. The average Bonchev–Trinajstić information content (AvgIpc) is 2.22. The van der Waals surface area contributed by atoms with Gasteiger partial charge >= 0.3 is 0 Å². The Kier molecular flexibility index (Phi) is 6.74. The van der Waals surface area contributed by atoms with E-state index in [1.165, 1.54) is 32.1 Å². The van der Waals surface area contributed by atoms with Crippen LogP contribution in [-0.4, -0.2) is 0 Å². The second kappa shape index (κ2) is 8.55. The van der Waals surface area contributed by atoms with Gasteiger partial charge in [-0.05, 0) is 38.5 Å². The molecule has 0 aromatic heterocycles. The van der Waals surface area contributed by atoms with E-state index in [2.05, 4.69) is 48.6 Å². The highest BCUT2D eigenvalue weighted by Crippen LogP contribution is 2.02. The largest absolute Gasteiger partial charge is 0.0885 e.